The van der Waals surface area contributed by atoms with Gasteiger partial charge in [-0.3, -0.25) is 0 Å². The van der Waals surface area contributed by atoms with Crippen molar-refractivity contribution in [2.45, 2.75) is 18.4 Å². The first-order valence-corrected chi connectivity index (χ1v) is 9.24. The Morgan fingerprint density at radius 3 is 2.71 bits per heavy atom. The van der Waals surface area contributed by atoms with Gasteiger partial charge in [-0.1, -0.05) is 13.0 Å². The molecule has 0 bridgehead atoms. The van der Waals surface area contributed by atoms with E-state index < -0.39 is 20.7 Å². The van der Waals surface area contributed by atoms with Crippen LogP contribution in [0.15, 0.2) is 39.0 Å². The molecule has 0 aliphatic heterocycles. The summed E-state index contributed by atoms with van der Waals surface area (Å²) in [5.74, 6) is -0.825. The molecule has 1 heterocycles. The Labute approximate surface area is 135 Å². The fourth-order valence-corrected chi connectivity index (χ4v) is 4.81. The number of hydrogen-bond acceptors (Lipinski definition) is 4. The second kappa shape index (κ2) is 6.43. The summed E-state index contributed by atoms with van der Waals surface area (Å²) in [6.07, 6.45) is 0. The van der Waals surface area contributed by atoms with Gasteiger partial charge in [0.05, 0.1) is 4.47 Å². The van der Waals surface area contributed by atoms with Crippen molar-refractivity contribution in [1.82, 2.24) is 4.31 Å². The summed E-state index contributed by atoms with van der Waals surface area (Å²) >= 11 is 4.44. The minimum atomic E-state index is -3.95. The van der Waals surface area contributed by atoms with Crippen molar-refractivity contribution < 1.29 is 12.8 Å². The number of anilines is 1. The third kappa shape index (κ3) is 3.45. The summed E-state index contributed by atoms with van der Waals surface area (Å²) in [7, 11) is -3.95. The third-order valence-corrected chi connectivity index (χ3v) is 6.26. The predicted octanol–water partition coefficient (Wildman–Crippen LogP) is 3.44. The van der Waals surface area contributed by atoms with E-state index in [1.54, 1.807) is 6.92 Å². The Kier molecular flexibility index (Phi) is 5.03. The van der Waals surface area contributed by atoms with E-state index in [0.29, 0.717) is 0 Å². The molecule has 0 amide bonds. The molecule has 0 aliphatic carbocycles. The largest absolute Gasteiger partial charge is 0.399 e. The van der Waals surface area contributed by atoms with Gasteiger partial charge >= 0.3 is 0 Å². The van der Waals surface area contributed by atoms with E-state index in [9.17, 15) is 12.8 Å². The highest BCUT2D eigenvalue weighted by molar-refractivity contribution is 9.10. The van der Waals surface area contributed by atoms with E-state index in [4.69, 9.17) is 5.73 Å². The summed E-state index contributed by atoms with van der Waals surface area (Å²) in [6.45, 7) is 2.17. The molecule has 2 rings (SSSR count). The van der Waals surface area contributed by atoms with E-state index in [-0.39, 0.29) is 23.2 Å². The molecule has 0 radical (unpaired) electrons. The number of hydrogen-bond donors (Lipinski definition) is 1. The van der Waals surface area contributed by atoms with E-state index in [1.165, 1.54) is 21.7 Å². The van der Waals surface area contributed by atoms with Crippen LogP contribution in [-0.4, -0.2) is 19.3 Å². The maximum Gasteiger partial charge on any atom is 0.246 e. The fourth-order valence-electron chi connectivity index (χ4n) is 1.85. The van der Waals surface area contributed by atoms with Crippen LogP contribution in [0.3, 0.4) is 0 Å². The lowest BCUT2D eigenvalue weighted by atomic mass is 10.3. The molecule has 0 saturated heterocycles. The van der Waals surface area contributed by atoms with Crippen molar-refractivity contribution in [3.05, 3.63) is 44.8 Å². The molecule has 0 saturated carbocycles. The number of rotatable bonds is 5. The topological polar surface area (TPSA) is 63.4 Å². The van der Waals surface area contributed by atoms with Crippen LogP contribution in [0.5, 0.6) is 0 Å². The second-order valence-electron chi connectivity index (χ2n) is 4.33. The molecule has 0 aliphatic rings. The molecule has 0 spiro atoms. The van der Waals surface area contributed by atoms with E-state index in [1.807, 2.05) is 17.5 Å². The molecule has 21 heavy (non-hydrogen) atoms. The molecular formula is C13H14BrFN2O2S2. The van der Waals surface area contributed by atoms with Crippen molar-refractivity contribution in [2.24, 2.45) is 0 Å². The Hall–Kier alpha value is -0.960. The average molecular weight is 393 g/mol. The van der Waals surface area contributed by atoms with Gasteiger partial charge in [-0.25, -0.2) is 12.8 Å². The molecule has 0 unspecified atom stereocenters. The second-order valence-corrected chi connectivity index (χ2v) is 8.12. The van der Waals surface area contributed by atoms with Gasteiger partial charge in [0.15, 0.2) is 5.82 Å². The summed E-state index contributed by atoms with van der Waals surface area (Å²) in [5.41, 5.74) is 5.81. The minimum absolute atomic E-state index is 0.0354. The van der Waals surface area contributed by atoms with Crippen molar-refractivity contribution in [2.75, 3.05) is 12.3 Å². The fraction of sp³-hybridized carbons (Fsp3) is 0.231. The SMILES string of the molecule is CCN(Cc1cccs1)S(=O)(=O)c1cc(N)cc(Br)c1F. The van der Waals surface area contributed by atoms with Gasteiger partial charge in [-0.05, 0) is 39.5 Å². The van der Waals surface area contributed by atoms with Crippen molar-refractivity contribution in [1.29, 1.82) is 0 Å². The number of nitrogen functional groups attached to an aromatic ring is 1. The van der Waals surface area contributed by atoms with Crippen molar-refractivity contribution in [3.63, 3.8) is 0 Å². The highest BCUT2D eigenvalue weighted by atomic mass is 79.9. The van der Waals surface area contributed by atoms with Gasteiger partial charge in [-0.15, -0.1) is 11.3 Å². The summed E-state index contributed by atoms with van der Waals surface area (Å²) in [4.78, 5) is 0.483. The molecule has 0 fully saturated rings. The summed E-state index contributed by atoms with van der Waals surface area (Å²) < 4.78 is 40.7. The van der Waals surface area contributed by atoms with Gasteiger partial charge in [0.25, 0.3) is 0 Å². The van der Waals surface area contributed by atoms with E-state index in [0.717, 1.165) is 10.9 Å². The lowest BCUT2D eigenvalue weighted by Gasteiger charge is -2.20. The van der Waals surface area contributed by atoms with Crippen LogP contribution in [0.25, 0.3) is 0 Å². The van der Waals surface area contributed by atoms with Crippen LogP contribution in [0, 0.1) is 5.82 Å². The van der Waals surface area contributed by atoms with E-state index in [2.05, 4.69) is 15.9 Å². The highest BCUT2D eigenvalue weighted by Gasteiger charge is 2.28. The molecule has 114 valence electrons. The van der Waals surface area contributed by atoms with E-state index >= 15 is 0 Å². The molecule has 2 aromatic rings. The number of benzene rings is 1. The molecular weight excluding hydrogens is 379 g/mol. The molecule has 1 aromatic carbocycles. The van der Waals surface area contributed by atoms with Crippen LogP contribution in [0.1, 0.15) is 11.8 Å². The molecule has 8 heteroatoms. The van der Waals surface area contributed by atoms with Gasteiger partial charge in [-0.2, -0.15) is 4.31 Å². The zero-order chi connectivity index (χ0) is 15.6. The summed E-state index contributed by atoms with van der Waals surface area (Å²) in [6, 6.07) is 6.17. The Morgan fingerprint density at radius 1 is 1.43 bits per heavy atom. The zero-order valence-corrected chi connectivity index (χ0v) is 14.4. The molecule has 0 atom stereocenters. The molecule has 2 N–H and O–H groups in total. The minimum Gasteiger partial charge on any atom is -0.399 e. The first kappa shape index (κ1) is 16.4. The number of nitrogens with two attached hydrogens (primary N) is 1. The first-order chi connectivity index (χ1) is 9.86. The number of thiophene rings is 1. The average Bonchev–Trinajstić information content (AvgIpc) is 2.92. The van der Waals surface area contributed by atoms with Gasteiger partial charge < -0.3 is 5.73 Å². The normalized spacial score (nSPS) is 12.0. The smallest absolute Gasteiger partial charge is 0.246 e. The number of nitrogens with zero attached hydrogens (tertiary/aromatic N) is 1. The predicted molar refractivity (Wildman–Crippen MR) is 86.1 cm³/mol. The summed E-state index contributed by atoms with van der Waals surface area (Å²) in [5, 5.41) is 1.87. The standard InChI is InChI=1S/C13H14BrFN2O2S2/c1-2-17(8-10-4-3-5-20-10)21(18,19)12-7-9(16)6-11(14)13(12)15/h3-7H,2,8,16H2,1H3. The lowest BCUT2D eigenvalue weighted by Crippen LogP contribution is -2.31. The number of halogens is 2. The van der Waals surface area contributed by atoms with Gasteiger partial charge in [0.1, 0.15) is 4.90 Å². The van der Waals surface area contributed by atoms with Crippen LogP contribution >= 0.6 is 27.3 Å². The van der Waals surface area contributed by atoms with Crippen molar-refractivity contribution in [3.8, 4) is 0 Å². The maximum absolute atomic E-state index is 14.1. The van der Waals surface area contributed by atoms with Gasteiger partial charge in [0, 0.05) is 23.7 Å². The van der Waals surface area contributed by atoms with Crippen LogP contribution < -0.4 is 5.73 Å². The quantitative estimate of drug-likeness (QED) is 0.792. The zero-order valence-electron chi connectivity index (χ0n) is 11.2. The Balaban J connectivity index is 2.44. The Morgan fingerprint density at radius 2 is 2.14 bits per heavy atom. The lowest BCUT2D eigenvalue weighted by molar-refractivity contribution is 0.422. The third-order valence-electron chi connectivity index (χ3n) is 2.90. The van der Waals surface area contributed by atoms with Gasteiger partial charge in [0.2, 0.25) is 10.0 Å². The monoisotopic (exact) mass is 392 g/mol. The molecule has 4 nitrogen and oxygen atoms in total. The Bertz CT molecular complexity index is 733. The molecule has 1 aromatic heterocycles. The van der Waals surface area contributed by atoms with Crippen LogP contribution in [-0.2, 0) is 16.6 Å². The van der Waals surface area contributed by atoms with Crippen LogP contribution in [0.2, 0.25) is 0 Å². The van der Waals surface area contributed by atoms with Crippen LogP contribution in [0.4, 0.5) is 10.1 Å². The highest BCUT2D eigenvalue weighted by Crippen LogP contribution is 2.29. The maximum atomic E-state index is 14.1. The first-order valence-electron chi connectivity index (χ1n) is 6.13. The number of sulfonamides is 1. The van der Waals surface area contributed by atoms with Crippen molar-refractivity contribution >= 4 is 43.0 Å².